The van der Waals surface area contributed by atoms with Crippen molar-refractivity contribution in [2.45, 2.75) is 82.0 Å². The van der Waals surface area contributed by atoms with Crippen molar-refractivity contribution in [2.24, 2.45) is 0 Å². The number of halogens is 3. The molecular formula is C32H37ClF2N4O3. The van der Waals surface area contributed by atoms with Crippen LogP contribution in [0.15, 0.2) is 18.2 Å². The molecular weight excluding hydrogens is 562 g/mol. The number of rotatable bonds is 3. The first kappa shape index (κ1) is 27.9. The first-order valence-electron chi connectivity index (χ1n) is 15.3. The summed E-state index contributed by atoms with van der Waals surface area (Å²) in [6, 6.07) is 5.69. The Morgan fingerprint density at radius 3 is 2.64 bits per heavy atom. The predicted octanol–water partition coefficient (Wildman–Crippen LogP) is 7.01. The Morgan fingerprint density at radius 2 is 1.86 bits per heavy atom. The number of anilines is 1. The van der Waals surface area contributed by atoms with Crippen LogP contribution in [0.4, 0.5) is 14.5 Å². The first-order valence-corrected chi connectivity index (χ1v) is 15.7. The molecule has 3 aromatic rings. The monoisotopic (exact) mass is 598 g/mol. The molecule has 3 saturated heterocycles. The third-order valence-corrected chi connectivity index (χ3v) is 9.75. The quantitative estimate of drug-likeness (QED) is 0.347. The van der Waals surface area contributed by atoms with Crippen LogP contribution in [0.3, 0.4) is 0 Å². The van der Waals surface area contributed by atoms with Crippen LogP contribution in [0.25, 0.3) is 22.2 Å². The second-order valence-corrected chi connectivity index (χ2v) is 12.7. The number of benzene rings is 1. The van der Waals surface area contributed by atoms with Gasteiger partial charge in [0.25, 0.3) is 0 Å². The van der Waals surface area contributed by atoms with Crippen molar-refractivity contribution in [3.05, 3.63) is 34.6 Å². The lowest BCUT2D eigenvalue weighted by molar-refractivity contribution is 0.275. The first-order chi connectivity index (χ1) is 20.4. The van der Waals surface area contributed by atoms with E-state index in [-0.39, 0.29) is 28.9 Å². The molecule has 0 radical (unpaired) electrons. The Bertz CT molecular complexity index is 1490. The average molecular weight is 599 g/mol. The van der Waals surface area contributed by atoms with E-state index in [1.54, 1.807) is 0 Å². The summed E-state index contributed by atoms with van der Waals surface area (Å²) in [6.45, 7) is 3.20. The van der Waals surface area contributed by atoms with Gasteiger partial charge >= 0.3 is 0 Å². The molecule has 224 valence electrons. The summed E-state index contributed by atoms with van der Waals surface area (Å²) in [5, 5.41) is 11.2. The maximum atomic E-state index is 16.2. The fourth-order valence-corrected chi connectivity index (χ4v) is 7.63. The van der Waals surface area contributed by atoms with Gasteiger partial charge in [0, 0.05) is 35.8 Å². The summed E-state index contributed by atoms with van der Waals surface area (Å²) < 4.78 is 40.5. The van der Waals surface area contributed by atoms with Crippen molar-refractivity contribution in [1.82, 2.24) is 14.9 Å². The SMILES string of the molecule is COc1cc2c3c(nc(-c4cc(O)cc(Cl)c4C4CC4)c(F)c3n1)OCC1CCCCCN21.FC1CC2CCCN2C1. The molecule has 0 amide bonds. The molecule has 1 saturated carbocycles. The number of aromatic nitrogens is 2. The summed E-state index contributed by atoms with van der Waals surface area (Å²) in [5.41, 5.74) is 2.42. The molecule has 4 fully saturated rings. The lowest BCUT2D eigenvalue weighted by Crippen LogP contribution is -2.38. The van der Waals surface area contributed by atoms with Gasteiger partial charge in [-0.05, 0) is 75.1 Å². The van der Waals surface area contributed by atoms with Crippen molar-refractivity contribution in [2.75, 3.05) is 38.3 Å². The topological polar surface area (TPSA) is 70.9 Å². The standard InChI is InChI=1S/C25H25ClFN3O3.C7H12FN/c1-32-19-11-18-21-24(28-19)22(27)23(16-9-15(31)10-17(26)20(16)13-6-7-13)29-25(21)33-12-14-5-3-2-4-8-30(14)18;8-6-4-7-2-1-3-9(7)5-6/h9-11,13-14,31H,2-8,12H2,1H3;6-7H,1-5H2. The van der Waals surface area contributed by atoms with Crippen LogP contribution in [-0.2, 0) is 0 Å². The molecule has 2 aromatic heterocycles. The second kappa shape index (κ2) is 11.3. The molecule has 5 aliphatic rings. The number of hydrogen-bond donors (Lipinski definition) is 1. The van der Waals surface area contributed by atoms with Gasteiger partial charge in [-0.25, -0.2) is 18.7 Å². The van der Waals surface area contributed by atoms with Gasteiger partial charge in [-0.2, -0.15) is 0 Å². The van der Waals surface area contributed by atoms with E-state index in [1.165, 1.54) is 38.5 Å². The Balaban J connectivity index is 0.000000272. The highest BCUT2D eigenvalue weighted by Crippen LogP contribution is 2.50. The van der Waals surface area contributed by atoms with Gasteiger partial charge in [0.05, 0.1) is 24.2 Å². The van der Waals surface area contributed by atoms with Gasteiger partial charge in [0.1, 0.15) is 29.7 Å². The van der Waals surface area contributed by atoms with E-state index in [9.17, 15) is 9.50 Å². The van der Waals surface area contributed by atoms with Crippen molar-refractivity contribution >= 4 is 28.2 Å². The van der Waals surface area contributed by atoms with E-state index in [4.69, 9.17) is 21.1 Å². The molecule has 6 heterocycles. The Labute approximate surface area is 249 Å². The van der Waals surface area contributed by atoms with Gasteiger partial charge in [-0.3, -0.25) is 4.90 Å². The zero-order chi connectivity index (χ0) is 29.0. The molecule has 1 aliphatic carbocycles. The summed E-state index contributed by atoms with van der Waals surface area (Å²) >= 11 is 6.49. The minimum absolute atomic E-state index is 0.0276. The Hall–Kier alpha value is -2.91. The van der Waals surface area contributed by atoms with E-state index >= 15 is 4.39 Å². The van der Waals surface area contributed by atoms with Gasteiger partial charge in [0.15, 0.2) is 5.82 Å². The third kappa shape index (κ3) is 5.12. The van der Waals surface area contributed by atoms with E-state index in [0.717, 1.165) is 62.9 Å². The van der Waals surface area contributed by atoms with Crippen LogP contribution < -0.4 is 14.4 Å². The summed E-state index contributed by atoms with van der Waals surface area (Å²) in [4.78, 5) is 13.7. The highest BCUT2D eigenvalue weighted by atomic mass is 35.5. The molecule has 3 atom stereocenters. The number of nitrogens with zero attached hydrogens (tertiary/aromatic N) is 4. The largest absolute Gasteiger partial charge is 0.508 e. The van der Waals surface area contributed by atoms with Crippen LogP contribution in [0.5, 0.6) is 17.5 Å². The third-order valence-electron chi connectivity index (χ3n) is 9.44. The number of aromatic hydroxyl groups is 1. The van der Waals surface area contributed by atoms with Gasteiger partial charge in [-0.15, -0.1) is 0 Å². The average Bonchev–Trinajstić information content (AvgIpc) is 3.69. The molecule has 3 unspecified atom stereocenters. The van der Waals surface area contributed by atoms with Crippen LogP contribution in [-0.4, -0.2) is 71.6 Å². The van der Waals surface area contributed by atoms with E-state index in [2.05, 4.69) is 19.8 Å². The molecule has 0 spiro atoms. The smallest absolute Gasteiger partial charge is 0.225 e. The molecule has 0 bridgehead atoms. The van der Waals surface area contributed by atoms with E-state index in [0.29, 0.717) is 46.9 Å². The number of ether oxygens (including phenoxy) is 2. The van der Waals surface area contributed by atoms with Crippen molar-refractivity contribution < 1.29 is 23.4 Å². The number of hydrogen-bond acceptors (Lipinski definition) is 7. The number of pyridine rings is 2. The number of phenolic OH excluding ortho intramolecular Hbond substituents is 1. The zero-order valence-electron chi connectivity index (χ0n) is 23.9. The normalized spacial score (nSPS) is 25.1. The highest BCUT2D eigenvalue weighted by Gasteiger charge is 2.36. The lowest BCUT2D eigenvalue weighted by atomic mass is 9.98. The van der Waals surface area contributed by atoms with Gasteiger partial charge < -0.3 is 19.5 Å². The fourth-order valence-electron chi connectivity index (χ4n) is 7.27. The predicted molar refractivity (Wildman–Crippen MR) is 159 cm³/mol. The lowest BCUT2D eigenvalue weighted by Gasteiger charge is -2.30. The Morgan fingerprint density at radius 1 is 1.02 bits per heavy atom. The minimum atomic E-state index is -0.561. The van der Waals surface area contributed by atoms with Crippen LogP contribution in [0.2, 0.25) is 5.02 Å². The maximum absolute atomic E-state index is 16.2. The molecule has 42 heavy (non-hydrogen) atoms. The number of fused-ring (bicyclic) bond motifs is 3. The zero-order valence-corrected chi connectivity index (χ0v) is 24.7. The van der Waals surface area contributed by atoms with Gasteiger partial charge in [0.2, 0.25) is 11.8 Å². The summed E-state index contributed by atoms with van der Waals surface area (Å²) in [5.74, 6) is 0.354. The Kier molecular flexibility index (Phi) is 7.51. The molecule has 7 nitrogen and oxygen atoms in total. The summed E-state index contributed by atoms with van der Waals surface area (Å²) in [7, 11) is 1.54. The molecule has 10 heteroatoms. The second-order valence-electron chi connectivity index (χ2n) is 12.3. The molecule has 1 aromatic carbocycles. The summed E-state index contributed by atoms with van der Waals surface area (Å²) in [6.07, 6.45) is 9.13. The van der Waals surface area contributed by atoms with Crippen LogP contribution in [0, 0.1) is 5.82 Å². The van der Waals surface area contributed by atoms with Crippen molar-refractivity contribution in [3.8, 4) is 28.8 Å². The van der Waals surface area contributed by atoms with Crippen molar-refractivity contribution in [3.63, 3.8) is 0 Å². The minimum Gasteiger partial charge on any atom is -0.508 e. The number of phenols is 1. The highest BCUT2D eigenvalue weighted by molar-refractivity contribution is 6.32. The van der Waals surface area contributed by atoms with Crippen LogP contribution in [0.1, 0.15) is 69.3 Å². The van der Waals surface area contributed by atoms with Crippen LogP contribution >= 0.6 is 11.6 Å². The fraction of sp³-hybridized carbons (Fsp3) is 0.562. The van der Waals surface area contributed by atoms with E-state index < -0.39 is 12.0 Å². The van der Waals surface area contributed by atoms with Crippen molar-refractivity contribution in [1.29, 1.82) is 0 Å². The molecule has 8 rings (SSSR count). The maximum Gasteiger partial charge on any atom is 0.225 e. The number of methoxy groups -OCH3 is 1. The van der Waals surface area contributed by atoms with Gasteiger partial charge in [-0.1, -0.05) is 24.4 Å². The molecule has 1 N–H and O–H groups in total. The van der Waals surface area contributed by atoms with E-state index in [1.807, 2.05) is 6.07 Å². The number of alkyl halides is 1. The molecule has 4 aliphatic heterocycles.